The van der Waals surface area contributed by atoms with Crippen LogP contribution in [0.25, 0.3) is 0 Å². The lowest BCUT2D eigenvalue weighted by molar-refractivity contribution is 0.159. The molecule has 0 aromatic heterocycles. The molecular formula is C13H20FNO. The topological polar surface area (TPSA) is 32.3 Å². The maximum Gasteiger partial charge on any atom is 0.123 e. The first-order chi connectivity index (χ1) is 7.63. The largest absolute Gasteiger partial charge is 0.393 e. The molecule has 0 fully saturated rings. The van der Waals surface area contributed by atoms with Gasteiger partial charge in [-0.05, 0) is 49.6 Å². The zero-order valence-corrected chi connectivity index (χ0v) is 9.96. The second kappa shape index (κ2) is 6.61. The minimum atomic E-state index is -0.235. The van der Waals surface area contributed by atoms with E-state index < -0.39 is 0 Å². The van der Waals surface area contributed by atoms with Crippen LogP contribution in [0.5, 0.6) is 0 Å². The van der Waals surface area contributed by atoms with Gasteiger partial charge in [0.1, 0.15) is 5.82 Å². The molecule has 0 spiro atoms. The normalized spacial score (nSPS) is 12.8. The van der Waals surface area contributed by atoms with Crippen molar-refractivity contribution in [3.63, 3.8) is 0 Å². The summed E-state index contributed by atoms with van der Waals surface area (Å²) in [5, 5.41) is 12.6. The molecule has 1 unspecified atom stereocenters. The van der Waals surface area contributed by atoms with E-state index in [1.165, 1.54) is 6.07 Å². The third-order valence-electron chi connectivity index (χ3n) is 2.75. The molecule has 0 aliphatic carbocycles. The number of aliphatic hydroxyl groups is 1. The molecule has 1 aromatic rings. The molecule has 0 saturated carbocycles. The van der Waals surface area contributed by atoms with E-state index in [1.807, 2.05) is 13.8 Å². The van der Waals surface area contributed by atoms with Crippen LogP contribution in [0.1, 0.15) is 30.9 Å². The Kier molecular flexibility index (Phi) is 5.43. The fourth-order valence-electron chi connectivity index (χ4n) is 1.53. The van der Waals surface area contributed by atoms with Crippen molar-refractivity contribution in [1.82, 2.24) is 5.32 Å². The average molecular weight is 225 g/mol. The van der Waals surface area contributed by atoms with Gasteiger partial charge in [0.25, 0.3) is 0 Å². The van der Waals surface area contributed by atoms with Crippen molar-refractivity contribution >= 4 is 0 Å². The predicted octanol–water partition coefficient (Wildman–Crippen LogP) is 2.38. The van der Waals surface area contributed by atoms with Crippen LogP contribution in [-0.2, 0) is 6.54 Å². The Morgan fingerprint density at radius 3 is 2.88 bits per heavy atom. The second-order valence-electron chi connectivity index (χ2n) is 4.10. The van der Waals surface area contributed by atoms with Gasteiger partial charge in [-0.3, -0.25) is 0 Å². The maximum atomic E-state index is 13.0. The highest BCUT2D eigenvalue weighted by Gasteiger charge is 2.02. The van der Waals surface area contributed by atoms with Crippen molar-refractivity contribution in [3.8, 4) is 0 Å². The Morgan fingerprint density at radius 1 is 1.44 bits per heavy atom. The second-order valence-corrected chi connectivity index (χ2v) is 4.10. The number of hydrogen-bond acceptors (Lipinski definition) is 2. The Bertz CT molecular complexity index is 328. The van der Waals surface area contributed by atoms with E-state index in [2.05, 4.69) is 5.32 Å². The third-order valence-corrected chi connectivity index (χ3v) is 2.75. The number of aryl methyl sites for hydroxylation is 1. The summed E-state index contributed by atoms with van der Waals surface area (Å²) < 4.78 is 13.0. The van der Waals surface area contributed by atoms with E-state index in [0.29, 0.717) is 6.54 Å². The fourth-order valence-corrected chi connectivity index (χ4v) is 1.53. The van der Waals surface area contributed by atoms with Crippen LogP contribution >= 0.6 is 0 Å². The molecule has 2 nitrogen and oxygen atoms in total. The highest BCUT2D eigenvalue weighted by atomic mass is 19.1. The smallest absolute Gasteiger partial charge is 0.123 e. The molecule has 0 amide bonds. The highest BCUT2D eigenvalue weighted by molar-refractivity contribution is 5.26. The fraction of sp³-hybridized carbons (Fsp3) is 0.538. The van der Waals surface area contributed by atoms with E-state index in [-0.39, 0.29) is 11.9 Å². The van der Waals surface area contributed by atoms with Gasteiger partial charge >= 0.3 is 0 Å². The molecule has 3 heteroatoms. The highest BCUT2D eigenvalue weighted by Crippen LogP contribution is 2.09. The quantitative estimate of drug-likeness (QED) is 0.729. The molecule has 1 rings (SSSR count). The lowest BCUT2D eigenvalue weighted by atomic mass is 10.1. The van der Waals surface area contributed by atoms with Gasteiger partial charge in [-0.1, -0.05) is 13.0 Å². The molecule has 0 aliphatic rings. The first-order valence-corrected chi connectivity index (χ1v) is 5.77. The van der Waals surface area contributed by atoms with Crippen molar-refractivity contribution in [2.75, 3.05) is 6.54 Å². The summed E-state index contributed by atoms with van der Waals surface area (Å²) in [4.78, 5) is 0. The van der Waals surface area contributed by atoms with Gasteiger partial charge in [0, 0.05) is 6.54 Å². The Morgan fingerprint density at radius 2 is 2.19 bits per heavy atom. The molecule has 0 saturated heterocycles. The van der Waals surface area contributed by atoms with Crippen molar-refractivity contribution < 1.29 is 9.50 Å². The molecule has 0 radical (unpaired) electrons. The van der Waals surface area contributed by atoms with Gasteiger partial charge in [-0.2, -0.15) is 0 Å². The van der Waals surface area contributed by atoms with Crippen molar-refractivity contribution in [2.45, 2.75) is 39.3 Å². The first-order valence-electron chi connectivity index (χ1n) is 5.77. The molecule has 0 aliphatic heterocycles. The van der Waals surface area contributed by atoms with Gasteiger partial charge in [-0.25, -0.2) is 4.39 Å². The summed E-state index contributed by atoms with van der Waals surface area (Å²) in [6.07, 6.45) is 1.28. The lowest BCUT2D eigenvalue weighted by Gasteiger charge is -2.10. The molecule has 1 atom stereocenters. The minimum Gasteiger partial charge on any atom is -0.393 e. The number of rotatable bonds is 6. The summed E-state index contributed by atoms with van der Waals surface area (Å²) in [7, 11) is 0. The van der Waals surface area contributed by atoms with E-state index in [4.69, 9.17) is 0 Å². The van der Waals surface area contributed by atoms with Crippen LogP contribution in [0.3, 0.4) is 0 Å². The standard InChI is InChI=1S/C13H20FNO/c1-3-13(16)6-7-15-9-11-8-12(14)5-4-10(11)2/h4-5,8,13,15-16H,3,6-7,9H2,1-2H3. The lowest BCUT2D eigenvalue weighted by Crippen LogP contribution is -2.20. The zero-order valence-electron chi connectivity index (χ0n) is 9.96. The van der Waals surface area contributed by atoms with Crippen molar-refractivity contribution in [2.24, 2.45) is 0 Å². The summed E-state index contributed by atoms with van der Waals surface area (Å²) in [5.74, 6) is -0.198. The molecule has 1 aromatic carbocycles. The third kappa shape index (κ3) is 4.29. The Labute approximate surface area is 96.5 Å². The summed E-state index contributed by atoms with van der Waals surface area (Å²) in [6.45, 7) is 5.34. The van der Waals surface area contributed by atoms with Gasteiger partial charge in [0.15, 0.2) is 0 Å². The van der Waals surface area contributed by atoms with Crippen molar-refractivity contribution in [1.29, 1.82) is 0 Å². The van der Waals surface area contributed by atoms with Gasteiger partial charge in [0.2, 0.25) is 0 Å². The van der Waals surface area contributed by atoms with Gasteiger partial charge < -0.3 is 10.4 Å². The van der Waals surface area contributed by atoms with Gasteiger partial charge in [0.05, 0.1) is 6.10 Å². The van der Waals surface area contributed by atoms with Crippen LogP contribution in [0.4, 0.5) is 4.39 Å². The van der Waals surface area contributed by atoms with Crippen LogP contribution in [0.15, 0.2) is 18.2 Å². The Hall–Kier alpha value is -0.930. The minimum absolute atomic E-state index is 0.198. The van der Waals surface area contributed by atoms with Crippen LogP contribution in [-0.4, -0.2) is 17.8 Å². The maximum absolute atomic E-state index is 13.0. The first kappa shape index (κ1) is 13.1. The summed E-state index contributed by atoms with van der Waals surface area (Å²) >= 11 is 0. The monoisotopic (exact) mass is 225 g/mol. The average Bonchev–Trinajstić information content (AvgIpc) is 2.28. The number of benzene rings is 1. The van der Waals surface area contributed by atoms with Crippen LogP contribution < -0.4 is 5.32 Å². The molecule has 90 valence electrons. The van der Waals surface area contributed by atoms with E-state index in [1.54, 1.807) is 12.1 Å². The predicted molar refractivity (Wildman–Crippen MR) is 63.8 cm³/mol. The number of hydrogen-bond donors (Lipinski definition) is 2. The number of halogens is 1. The molecule has 16 heavy (non-hydrogen) atoms. The zero-order chi connectivity index (χ0) is 12.0. The van der Waals surface area contributed by atoms with E-state index >= 15 is 0 Å². The number of nitrogens with one attached hydrogen (secondary N) is 1. The van der Waals surface area contributed by atoms with Crippen LogP contribution in [0.2, 0.25) is 0 Å². The summed E-state index contributed by atoms with van der Waals surface area (Å²) in [5.41, 5.74) is 2.07. The summed E-state index contributed by atoms with van der Waals surface area (Å²) in [6, 6.07) is 4.81. The molecule has 0 heterocycles. The molecular weight excluding hydrogens is 205 g/mol. The molecule has 2 N–H and O–H groups in total. The van der Waals surface area contributed by atoms with E-state index in [0.717, 1.165) is 30.5 Å². The molecule has 0 bridgehead atoms. The van der Waals surface area contributed by atoms with Gasteiger partial charge in [-0.15, -0.1) is 0 Å². The SMILES string of the molecule is CCC(O)CCNCc1cc(F)ccc1C. The van der Waals surface area contributed by atoms with E-state index in [9.17, 15) is 9.50 Å². The van der Waals surface area contributed by atoms with Crippen molar-refractivity contribution in [3.05, 3.63) is 35.1 Å². The number of aliphatic hydroxyl groups excluding tert-OH is 1. The van der Waals surface area contributed by atoms with Crippen LogP contribution in [0, 0.1) is 12.7 Å². The Balaban J connectivity index is 2.34.